The van der Waals surface area contributed by atoms with E-state index in [0.717, 1.165) is 30.2 Å². The predicted octanol–water partition coefficient (Wildman–Crippen LogP) is 2.39. The van der Waals surface area contributed by atoms with E-state index in [9.17, 15) is 14.4 Å². The maximum Gasteiger partial charge on any atom is 0.346 e. The van der Waals surface area contributed by atoms with Crippen LogP contribution in [0.4, 0.5) is 0 Å². The standard InChI is InChI=1S/C18H19N3O3S/c1-10-14(11(2)22)17(21-18(24)19-10)25-15(12-6-4-3-5-7-12)16(23)20-13-8-9-13/h3-7,13,15H,8-9H2,1-2H3,(H,20,23)(H,19,21,24)/t15-/m0/s1. The first-order valence-electron chi connectivity index (χ1n) is 8.09. The van der Waals surface area contributed by atoms with E-state index in [1.807, 2.05) is 30.3 Å². The van der Waals surface area contributed by atoms with E-state index in [1.165, 1.54) is 6.92 Å². The fraction of sp³-hybridized carbons (Fsp3) is 0.333. The number of aromatic nitrogens is 2. The third kappa shape index (κ3) is 4.17. The van der Waals surface area contributed by atoms with Crippen molar-refractivity contribution >= 4 is 23.5 Å². The van der Waals surface area contributed by atoms with Gasteiger partial charge in [0.25, 0.3) is 0 Å². The molecule has 130 valence electrons. The summed E-state index contributed by atoms with van der Waals surface area (Å²) in [5, 5.41) is 2.70. The molecule has 0 spiro atoms. The van der Waals surface area contributed by atoms with E-state index in [0.29, 0.717) is 11.3 Å². The minimum absolute atomic E-state index is 0.132. The van der Waals surface area contributed by atoms with Crippen LogP contribution >= 0.6 is 11.8 Å². The van der Waals surface area contributed by atoms with Crippen LogP contribution in [0.1, 0.15) is 46.6 Å². The summed E-state index contributed by atoms with van der Waals surface area (Å²) >= 11 is 1.14. The number of ketones is 1. The highest BCUT2D eigenvalue weighted by Gasteiger charge is 2.30. The van der Waals surface area contributed by atoms with Gasteiger partial charge in [0.15, 0.2) is 5.78 Å². The molecule has 6 nitrogen and oxygen atoms in total. The Bertz CT molecular complexity index is 860. The quantitative estimate of drug-likeness (QED) is 0.470. The number of amides is 1. The summed E-state index contributed by atoms with van der Waals surface area (Å²) in [6.07, 6.45) is 1.97. The molecule has 1 heterocycles. The molecule has 1 fully saturated rings. The Morgan fingerprint density at radius 3 is 2.56 bits per heavy atom. The third-order valence-corrected chi connectivity index (χ3v) is 5.17. The lowest BCUT2D eigenvalue weighted by atomic mass is 10.1. The number of nitrogens with zero attached hydrogens (tertiary/aromatic N) is 1. The predicted molar refractivity (Wildman–Crippen MR) is 95.8 cm³/mol. The van der Waals surface area contributed by atoms with Crippen LogP contribution in [0.5, 0.6) is 0 Å². The van der Waals surface area contributed by atoms with Gasteiger partial charge in [-0.05, 0) is 32.3 Å². The number of aryl methyl sites for hydroxylation is 1. The molecular weight excluding hydrogens is 338 g/mol. The monoisotopic (exact) mass is 357 g/mol. The van der Waals surface area contributed by atoms with E-state index < -0.39 is 10.9 Å². The number of thioether (sulfide) groups is 1. The molecule has 25 heavy (non-hydrogen) atoms. The minimum Gasteiger partial charge on any atom is -0.352 e. The number of hydrogen-bond donors (Lipinski definition) is 2. The fourth-order valence-corrected chi connectivity index (χ4v) is 3.82. The second kappa shape index (κ2) is 7.23. The number of hydrogen-bond acceptors (Lipinski definition) is 5. The summed E-state index contributed by atoms with van der Waals surface area (Å²) in [6, 6.07) is 9.53. The minimum atomic E-state index is -0.575. The molecule has 1 aliphatic rings. The topological polar surface area (TPSA) is 91.9 Å². The van der Waals surface area contributed by atoms with Crippen LogP contribution in [0, 0.1) is 6.92 Å². The van der Waals surface area contributed by atoms with Crippen LogP contribution in [0.3, 0.4) is 0 Å². The molecule has 1 amide bonds. The second-order valence-corrected chi connectivity index (χ2v) is 7.19. The average molecular weight is 357 g/mol. The number of nitrogens with one attached hydrogen (secondary N) is 2. The Morgan fingerprint density at radius 1 is 1.28 bits per heavy atom. The van der Waals surface area contributed by atoms with Gasteiger partial charge in [0.2, 0.25) is 5.91 Å². The van der Waals surface area contributed by atoms with Gasteiger partial charge in [0, 0.05) is 11.7 Å². The Hall–Kier alpha value is -2.41. The Balaban J connectivity index is 1.99. The normalized spacial score (nSPS) is 14.8. The first kappa shape index (κ1) is 17.4. The van der Waals surface area contributed by atoms with Crippen LogP contribution in [0.25, 0.3) is 0 Å². The van der Waals surface area contributed by atoms with E-state index in [1.54, 1.807) is 6.92 Å². The van der Waals surface area contributed by atoms with Gasteiger partial charge in [0.05, 0.1) is 5.56 Å². The summed E-state index contributed by atoms with van der Waals surface area (Å²) in [4.78, 5) is 43.0. The molecule has 0 unspecified atom stereocenters. The van der Waals surface area contributed by atoms with Crippen molar-refractivity contribution < 1.29 is 9.59 Å². The Morgan fingerprint density at radius 2 is 1.96 bits per heavy atom. The molecule has 1 aromatic heterocycles. The van der Waals surface area contributed by atoms with Gasteiger partial charge < -0.3 is 10.3 Å². The molecule has 0 bridgehead atoms. The number of carbonyl (C=O) groups excluding carboxylic acids is 2. The van der Waals surface area contributed by atoms with Gasteiger partial charge in [0.1, 0.15) is 10.3 Å². The van der Waals surface area contributed by atoms with E-state index >= 15 is 0 Å². The highest BCUT2D eigenvalue weighted by atomic mass is 32.2. The number of rotatable bonds is 6. The fourth-order valence-electron chi connectivity index (χ4n) is 2.58. The van der Waals surface area contributed by atoms with Crippen molar-refractivity contribution in [3.63, 3.8) is 0 Å². The molecule has 2 N–H and O–H groups in total. The molecule has 1 saturated carbocycles. The lowest BCUT2D eigenvalue weighted by molar-refractivity contribution is -0.120. The molecule has 1 aliphatic carbocycles. The van der Waals surface area contributed by atoms with E-state index in [2.05, 4.69) is 15.3 Å². The molecule has 7 heteroatoms. The summed E-state index contributed by atoms with van der Waals surface area (Å²) < 4.78 is 0. The van der Waals surface area contributed by atoms with Gasteiger partial charge in [-0.1, -0.05) is 42.1 Å². The summed E-state index contributed by atoms with van der Waals surface area (Å²) in [7, 11) is 0. The highest BCUT2D eigenvalue weighted by Crippen LogP contribution is 2.37. The van der Waals surface area contributed by atoms with Crippen LogP contribution < -0.4 is 11.0 Å². The molecule has 3 rings (SSSR count). The lowest BCUT2D eigenvalue weighted by Crippen LogP contribution is -2.30. The Labute approximate surface area is 149 Å². The lowest BCUT2D eigenvalue weighted by Gasteiger charge is -2.18. The van der Waals surface area contributed by atoms with Crippen LogP contribution in [-0.4, -0.2) is 27.7 Å². The first-order valence-corrected chi connectivity index (χ1v) is 8.97. The largest absolute Gasteiger partial charge is 0.352 e. The molecule has 2 aromatic rings. The number of carbonyl (C=O) groups is 2. The number of H-pyrrole nitrogens is 1. The van der Waals surface area contributed by atoms with Crippen LogP contribution in [0.15, 0.2) is 40.2 Å². The first-order chi connectivity index (χ1) is 12.0. The summed E-state index contributed by atoms with van der Waals surface area (Å²) in [5.74, 6) is -0.328. The maximum atomic E-state index is 12.7. The SMILES string of the molecule is CC(=O)c1c(S[C@H](C(=O)NC2CC2)c2ccccc2)nc(=O)[nH]c1C. The smallest absolute Gasteiger partial charge is 0.346 e. The van der Waals surface area contributed by atoms with Crippen molar-refractivity contribution in [2.24, 2.45) is 0 Å². The highest BCUT2D eigenvalue weighted by molar-refractivity contribution is 8.00. The molecule has 1 aromatic carbocycles. The van der Waals surface area contributed by atoms with E-state index in [4.69, 9.17) is 0 Å². The van der Waals surface area contributed by atoms with Crippen LogP contribution in [0.2, 0.25) is 0 Å². The molecule has 0 saturated heterocycles. The van der Waals surface area contributed by atoms with Crippen molar-refractivity contribution in [2.45, 2.75) is 43.0 Å². The zero-order chi connectivity index (χ0) is 18.0. The number of benzene rings is 1. The average Bonchev–Trinajstić information content (AvgIpc) is 3.36. The van der Waals surface area contributed by atoms with Gasteiger partial charge in [-0.15, -0.1) is 0 Å². The second-order valence-electron chi connectivity index (χ2n) is 6.09. The zero-order valence-electron chi connectivity index (χ0n) is 14.0. The van der Waals surface area contributed by atoms with Crippen molar-refractivity contribution in [1.82, 2.24) is 15.3 Å². The van der Waals surface area contributed by atoms with E-state index in [-0.39, 0.29) is 22.8 Å². The van der Waals surface area contributed by atoms with Crippen molar-refractivity contribution in [3.05, 3.63) is 57.6 Å². The van der Waals surface area contributed by atoms with Gasteiger partial charge >= 0.3 is 5.69 Å². The molecule has 0 radical (unpaired) electrons. The Kier molecular flexibility index (Phi) is 5.03. The van der Waals surface area contributed by atoms with Crippen molar-refractivity contribution in [3.8, 4) is 0 Å². The third-order valence-electron chi connectivity index (χ3n) is 3.93. The van der Waals surface area contributed by atoms with Gasteiger partial charge in [-0.25, -0.2) is 4.79 Å². The summed E-state index contributed by atoms with van der Waals surface area (Å²) in [6.45, 7) is 3.08. The molecule has 1 atom stereocenters. The summed E-state index contributed by atoms with van der Waals surface area (Å²) in [5.41, 5.74) is 1.09. The van der Waals surface area contributed by atoms with Crippen molar-refractivity contribution in [1.29, 1.82) is 0 Å². The molecular formula is C18H19N3O3S. The van der Waals surface area contributed by atoms with Gasteiger partial charge in [-0.2, -0.15) is 4.98 Å². The number of aromatic amines is 1. The molecule has 0 aliphatic heterocycles. The van der Waals surface area contributed by atoms with Gasteiger partial charge in [-0.3, -0.25) is 9.59 Å². The number of Topliss-reactive ketones (excluding diaryl/α,β-unsaturated/α-hetero) is 1. The maximum absolute atomic E-state index is 12.7. The zero-order valence-corrected chi connectivity index (χ0v) is 14.9. The van der Waals surface area contributed by atoms with Crippen LogP contribution in [-0.2, 0) is 4.79 Å². The van der Waals surface area contributed by atoms with Crippen molar-refractivity contribution in [2.75, 3.05) is 0 Å².